The van der Waals surface area contributed by atoms with Crippen molar-refractivity contribution < 1.29 is 19.8 Å². The summed E-state index contributed by atoms with van der Waals surface area (Å²) in [6.07, 6.45) is 3.80. The molecule has 0 saturated heterocycles. The Balaban J connectivity index is 2.86. The van der Waals surface area contributed by atoms with Gasteiger partial charge in [0.2, 0.25) is 0 Å². The van der Waals surface area contributed by atoms with Crippen molar-refractivity contribution in [2.24, 2.45) is 0 Å². The standard InChI is InChI=1S/C10H9NO4/c12-9(13)5-8(10(14)15)4-7-2-1-3-11-6-7/h1-3,5-6H,4H2,(H,12,13)(H,14,15). The van der Waals surface area contributed by atoms with Crippen LogP contribution in [0.5, 0.6) is 0 Å². The van der Waals surface area contributed by atoms with Gasteiger partial charge in [-0.25, -0.2) is 9.59 Å². The second-order valence-electron chi connectivity index (χ2n) is 2.85. The third-order valence-corrected chi connectivity index (χ3v) is 1.69. The van der Waals surface area contributed by atoms with Crippen LogP contribution in [0.25, 0.3) is 0 Å². The summed E-state index contributed by atoms with van der Waals surface area (Å²) in [7, 11) is 0. The quantitative estimate of drug-likeness (QED) is 0.710. The van der Waals surface area contributed by atoms with Crippen molar-refractivity contribution in [3.05, 3.63) is 41.7 Å². The van der Waals surface area contributed by atoms with Crippen molar-refractivity contribution in [1.82, 2.24) is 4.98 Å². The summed E-state index contributed by atoms with van der Waals surface area (Å²) in [6.45, 7) is 0. The first-order valence-corrected chi connectivity index (χ1v) is 4.15. The molecule has 0 aromatic carbocycles. The van der Waals surface area contributed by atoms with Crippen LogP contribution in [0, 0.1) is 0 Å². The Bertz CT molecular complexity index is 397. The molecule has 0 amide bonds. The molecule has 0 aliphatic rings. The van der Waals surface area contributed by atoms with Gasteiger partial charge in [-0.3, -0.25) is 4.98 Å². The van der Waals surface area contributed by atoms with E-state index >= 15 is 0 Å². The fourth-order valence-corrected chi connectivity index (χ4v) is 1.06. The molecule has 15 heavy (non-hydrogen) atoms. The summed E-state index contributed by atoms with van der Waals surface area (Å²) in [6, 6.07) is 3.35. The summed E-state index contributed by atoms with van der Waals surface area (Å²) >= 11 is 0. The van der Waals surface area contributed by atoms with Crippen LogP contribution in [0.1, 0.15) is 5.56 Å². The van der Waals surface area contributed by atoms with Gasteiger partial charge in [0.25, 0.3) is 0 Å². The molecule has 1 aromatic heterocycles. The molecule has 78 valence electrons. The summed E-state index contributed by atoms with van der Waals surface area (Å²) < 4.78 is 0. The number of carbonyl (C=O) groups is 2. The topological polar surface area (TPSA) is 87.5 Å². The number of hydrogen-bond donors (Lipinski definition) is 2. The highest BCUT2D eigenvalue weighted by Gasteiger charge is 2.10. The molecule has 1 aromatic rings. The molecule has 0 aliphatic carbocycles. The van der Waals surface area contributed by atoms with E-state index < -0.39 is 11.9 Å². The first kappa shape index (κ1) is 10.9. The number of hydrogen-bond acceptors (Lipinski definition) is 3. The highest BCUT2D eigenvalue weighted by atomic mass is 16.4. The van der Waals surface area contributed by atoms with Gasteiger partial charge >= 0.3 is 11.9 Å². The molecule has 1 rings (SSSR count). The van der Waals surface area contributed by atoms with Crippen molar-refractivity contribution >= 4 is 11.9 Å². The van der Waals surface area contributed by atoms with E-state index in [1.807, 2.05) is 0 Å². The normalized spacial score (nSPS) is 11.1. The molecule has 0 fully saturated rings. The summed E-state index contributed by atoms with van der Waals surface area (Å²) in [5.41, 5.74) is 0.489. The molecule has 0 atom stereocenters. The minimum absolute atomic E-state index is 0.0511. The fourth-order valence-electron chi connectivity index (χ4n) is 1.06. The molecule has 2 N–H and O–H groups in total. The minimum atomic E-state index is -1.27. The highest BCUT2D eigenvalue weighted by Crippen LogP contribution is 2.06. The molecule has 0 spiro atoms. The van der Waals surface area contributed by atoms with Crippen molar-refractivity contribution in [1.29, 1.82) is 0 Å². The maximum atomic E-state index is 10.7. The lowest BCUT2D eigenvalue weighted by Crippen LogP contribution is -2.06. The molecule has 5 nitrogen and oxygen atoms in total. The van der Waals surface area contributed by atoms with Gasteiger partial charge in [0.1, 0.15) is 0 Å². The van der Waals surface area contributed by atoms with Gasteiger partial charge in [-0.2, -0.15) is 0 Å². The lowest BCUT2D eigenvalue weighted by molar-refractivity contribution is -0.135. The van der Waals surface area contributed by atoms with Crippen LogP contribution in [0.4, 0.5) is 0 Å². The zero-order valence-corrected chi connectivity index (χ0v) is 7.75. The third kappa shape index (κ3) is 3.60. The first-order valence-electron chi connectivity index (χ1n) is 4.15. The van der Waals surface area contributed by atoms with Crippen LogP contribution in [0.15, 0.2) is 36.2 Å². The van der Waals surface area contributed by atoms with Gasteiger partial charge < -0.3 is 10.2 Å². The maximum absolute atomic E-state index is 10.7. The smallest absolute Gasteiger partial charge is 0.332 e. The van der Waals surface area contributed by atoms with E-state index in [-0.39, 0.29) is 12.0 Å². The number of aliphatic carboxylic acids is 2. The molecule has 0 saturated carbocycles. The molecular formula is C10H9NO4. The van der Waals surface area contributed by atoms with E-state index in [4.69, 9.17) is 10.2 Å². The van der Waals surface area contributed by atoms with Gasteiger partial charge in [0.05, 0.1) is 0 Å². The van der Waals surface area contributed by atoms with E-state index in [0.717, 1.165) is 0 Å². The van der Waals surface area contributed by atoms with Crippen LogP contribution in [0.2, 0.25) is 0 Å². The highest BCUT2D eigenvalue weighted by molar-refractivity contribution is 5.94. The molecule has 0 aliphatic heterocycles. The first-order chi connectivity index (χ1) is 7.09. The van der Waals surface area contributed by atoms with E-state index in [1.165, 1.54) is 6.20 Å². The Morgan fingerprint density at radius 2 is 2.13 bits per heavy atom. The van der Waals surface area contributed by atoms with Gasteiger partial charge in [-0.05, 0) is 11.6 Å². The second kappa shape index (κ2) is 4.90. The van der Waals surface area contributed by atoms with Crippen LogP contribution >= 0.6 is 0 Å². The van der Waals surface area contributed by atoms with Crippen LogP contribution in [0.3, 0.4) is 0 Å². The zero-order chi connectivity index (χ0) is 11.3. The fraction of sp³-hybridized carbons (Fsp3) is 0.100. The molecule has 1 heterocycles. The summed E-state index contributed by atoms with van der Waals surface area (Å²) in [5.74, 6) is -2.50. The Kier molecular flexibility index (Phi) is 3.56. The van der Waals surface area contributed by atoms with Crippen LogP contribution in [-0.2, 0) is 16.0 Å². The average molecular weight is 207 g/mol. The number of aromatic nitrogens is 1. The Labute approximate surface area is 85.7 Å². The minimum Gasteiger partial charge on any atom is -0.478 e. The van der Waals surface area contributed by atoms with E-state index in [9.17, 15) is 9.59 Å². The monoisotopic (exact) mass is 207 g/mol. The predicted molar refractivity (Wildman–Crippen MR) is 51.3 cm³/mol. The molecule has 0 radical (unpaired) electrons. The Morgan fingerprint density at radius 1 is 1.40 bits per heavy atom. The molecule has 0 unspecified atom stereocenters. The third-order valence-electron chi connectivity index (χ3n) is 1.69. The maximum Gasteiger partial charge on any atom is 0.332 e. The number of pyridine rings is 1. The lowest BCUT2D eigenvalue weighted by Gasteiger charge is -2.00. The average Bonchev–Trinajstić information content (AvgIpc) is 2.17. The largest absolute Gasteiger partial charge is 0.478 e. The lowest BCUT2D eigenvalue weighted by atomic mass is 10.1. The van der Waals surface area contributed by atoms with E-state index in [1.54, 1.807) is 18.3 Å². The predicted octanol–water partition coefficient (Wildman–Crippen LogP) is 0.720. The zero-order valence-electron chi connectivity index (χ0n) is 7.75. The number of rotatable bonds is 4. The number of carboxylic acid groups (broad SMARTS) is 2. The van der Waals surface area contributed by atoms with Gasteiger partial charge in [0, 0.05) is 30.5 Å². The van der Waals surface area contributed by atoms with Crippen LogP contribution in [-0.4, -0.2) is 27.1 Å². The summed E-state index contributed by atoms with van der Waals surface area (Å²) in [4.78, 5) is 24.8. The van der Waals surface area contributed by atoms with Gasteiger partial charge in [0.15, 0.2) is 0 Å². The van der Waals surface area contributed by atoms with Crippen molar-refractivity contribution in [3.8, 4) is 0 Å². The summed E-state index contributed by atoms with van der Waals surface area (Å²) in [5, 5.41) is 17.2. The van der Waals surface area contributed by atoms with Crippen LogP contribution < -0.4 is 0 Å². The number of carboxylic acids is 2. The Hall–Kier alpha value is -2.17. The van der Waals surface area contributed by atoms with Gasteiger partial charge in [-0.1, -0.05) is 6.07 Å². The van der Waals surface area contributed by atoms with Crippen molar-refractivity contribution in [2.45, 2.75) is 6.42 Å². The van der Waals surface area contributed by atoms with Gasteiger partial charge in [-0.15, -0.1) is 0 Å². The molecular weight excluding hydrogens is 198 g/mol. The van der Waals surface area contributed by atoms with Crippen molar-refractivity contribution in [3.63, 3.8) is 0 Å². The van der Waals surface area contributed by atoms with Crippen molar-refractivity contribution in [2.75, 3.05) is 0 Å². The van der Waals surface area contributed by atoms with E-state index in [2.05, 4.69) is 4.98 Å². The second-order valence-corrected chi connectivity index (χ2v) is 2.85. The molecule has 5 heteroatoms. The number of nitrogens with zero attached hydrogens (tertiary/aromatic N) is 1. The van der Waals surface area contributed by atoms with E-state index in [0.29, 0.717) is 11.6 Å². The SMILES string of the molecule is O=C(O)C=C(Cc1cccnc1)C(=O)O. The molecule has 0 bridgehead atoms. The Morgan fingerprint density at radius 3 is 2.60 bits per heavy atom.